The molecule has 0 aliphatic carbocycles. The molecular weight excluding hydrogens is 264 g/mol. The number of aryl methyl sites for hydroxylation is 1. The highest BCUT2D eigenvalue weighted by Gasteiger charge is 2.37. The van der Waals surface area contributed by atoms with E-state index in [9.17, 15) is 9.90 Å². The molecule has 3 rings (SSSR count). The largest absolute Gasteiger partial charge is 0.481 e. The average Bonchev–Trinajstić information content (AvgIpc) is 2.77. The highest BCUT2D eigenvalue weighted by molar-refractivity contribution is 5.97. The van der Waals surface area contributed by atoms with E-state index in [0.29, 0.717) is 0 Å². The number of aliphatic carboxylic acids is 1. The van der Waals surface area contributed by atoms with Crippen LogP contribution < -0.4 is 0 Å². The van der Waals surface area contributed by atoms with E-state index in [1.165, 1.54) is 5.56 Å². The van der Waals surface area contributed by atoms with Gasteiger partial charge in [0.05, 0.1) is 18.5 Å². The summed E-state index contributed by atoms with van der Waals surface area (Å²) in [6.07, 6.45) is 6.02. The molecule has 0 bridgehead atoms. The van der Waals surface area contributed by atoms with Crippen molar-refractivity contribution in [3.8, 4) is 0 Å². The summed E-state index contributed by atoms with van der Waals surface area (Å²) in [5, 5.41) is 9.22. The monoisotopic (exact) mass is 282 g/mol. The number of carboxylic acid groups (broad SMARTS) is 1. The van der Waals surface area contributed by atoms with Crippen molar-refractivity contribution >= 4 is 11.8 Å². The van der Waals surface area contributed by atoms with Gasteiger partial charge in [0.15, 0.2) is 0 Å². The first-order chi connectivity index (χ1) is 10.0. The zero-order valence-electron chi connectivity index (χ0n) is 12.2. The molecule has 2 aliphatic heterocycles. The van der Waals surface area contributed by atoms with Crippen molar-refractivity contribution in [2.75, 3.05) is 0 Å². The second-order valence-electron chi connectivity index (χ2n) is 5.62. The van der Waals surface area contributed by atoms with E-state index in [2.05, 4.69) is 0 Å². The quantitative estimate of drug-likeness (QED) is 0.927. The van der Waals surface area contributed by atoms with Crippen LogP contribution in [0.2, 0.25) is 0 Å². The minimum absolute atomic E-state index is 0.0726. The number of carboxylic acids is 1. The Bertz CT molecular complexity index is 656. The number of allylic oxidation sites excluding steroid dienone is 2. The third-order valence-electron chi connectivity index (χ3n) is 3.90. The first-order valence-electron chi connectivity index (χ1n) is 7.05. The number of nitrogens with zero attached hydrogens (tertiary/aromatic N) is 2. The van der Waals surface area contributed by atoms with E-state index in [4.69, 9.17) is 4.99 Å². The highest BCUT2D eigenvalue weighted by atomic mass is 16.4. The molecule has 2 unspecified atom stereocenters. The van der Waals surface area contributed by atoms with Crippen LogP contribution in [0.25, 0.3) is 0 Å². The number of aliphatic imine (C=N–C) groups is 1. The number of hydrogen-bond acceptors (Lipinski definition) is 3. The number of hydrogen-bond donors (Lipinski definition) is 1. The van der Waals surface area contributed by atoms with Gasteiger partial charge in [-0.15, -0.1) is 0 Å². The van der Waals surface area contributed by atoms with E-state index < -0.39 is 5.97 Å². The lowest BCUT2D eigenvalue weighted by Crippen LogP contribution is -2.35. The van der Waals surface area contributed by atoms with Crippen LogP contribution in [0, 0.1) is 6.92 Å². The second-order valence-corrected chi connectivity index (χ2v) is 5.62. The van der Waals surface area contributed by atoms with Gasteiger partial charge in [0.1, 0.15) is 5.84 Å². The van der Waals surface area contributed by atoms with Crippen LogP contribution >= 0.6 is 0 Å². The molecule has 2 atom stereocenters. The van der Waals surface area contributed by atoms with Crippen molar-refractivity contribution in [1.82, 2.24) is 4.90 Å². The van der Waals surface area contributed by atoms with Gasteiger partial charge in [-0.3, -0.25) is 9.79 Å². The van der Waals surface area contributed by atoms with Crippen molar-refractivity contribution in [1.29, 1.82) is 0 Å². The summed E-state index contributed by atoms with van der Waals surface area (Å²) in [4.78, 5) is 17.9. The first kappa shape index (κ1) is 13.6. The molecule has 2 aliphatic rings. The second kappa shape index (κ2) is 5.20. The van der Waals surface area contributed by atoms with Crippen LogP contribution in [0.15, 0.2) is 53.2 Å². The number of rotatable bonds is 3. The summed E-state index contributed by atoms with van der Waals surface area (Å²) >= 11 is 0. The minimum Gasteiger partial charge on any atom is -0.481 e. The summed E-state index contributed by atoms with van der Waals surface area (Å²) in [6, 6.07) is 7.86. The van der Waals surface area contributed by atoms with Crippen molar-refractivity contribution < 1.29 is 9.90 Å². The highest BCUT2D eigenvalue weighted by Crippen LogP contribution is 2.35. The molecular formula is C17H18N2O2. The Labute approximate surface area is 124 Å². The Hall–Kier alpha value is -2.36. The standard InChI is InChI=1S/C17H18N2O2/c1-11-3-6-13(7-4-11)17-14(9-16(20)21)19-10-12(2)5-8-15(19)18-17/h3-8,10,14,17H,9H2,1-2H3,(H,20,21). The summed E-state index contributed by atoms with van der Waals surface area (Å²) in [7, 11) is 0. The van der Waals surface area contributed by atoms with Crippen LogP contribution in [0.4, 0.5) is 0 Å². The molecule has 0 amide bonds. The van der Waals surface area contributed by atoms with Gasteiger partial charge in [-0.25, -0.2) is 0 Å². The maximum Gasteiger partial charge on any atom is 0.305 e. The lowest BCUT2D eigenvalue weighted by molar-refractivity contribution is -0.138. The van der Waals surface area contributed by atoms with E-state index in [0.717, 1.165) is 17.0 Å². The van der Waals surface area contributed by atoms with Gasteiger partial charge < -0.3 is 10.0 Å². The van der Waals surface area contributed by atoms with Crippen molar-refractivity contribution in [3.63, 3.8) is 0 Å². The Balaban J connectivity index is 1.98. The fraction of sp³-hybridized carbons (Fsp3) is 0.294. The third-order valence-corrected chi connectivity index (χ3v) is 3.90. The molecule has 0 spiro atoms. The van der Waals surface area contributed by atoms with Gasteiger partial charge in [0, 0.05) is 6.20 Å². The van der Waals surface area contributed by atoms with Crippen LogP contribution in [0.3, 0.4) is 0 Å². The molecule has 1 aromatic carbocycles. The summed E-state index contributed by atoms with van der Waals surface area (Å²) in [5.41, 5.74) is 3.36. The maximum atomic E-state index is 11.2. The average molecular weight is 282 g/mol. The fourth-order valence-electron chi connectivity index (χ4n) is 2.83. The minimum atomic E-state index is -0.797. The number of benzene rings is 1. The van der Waals surface area contributed by atoms with Crippen LogP contribution in [-0.4, -0.2) is 27.9 Å². The van der Waals surface area contributed by atoms with E-state index >= 15 is 0 Å². The zero-order chi connectivity index (χ0) is 15.0. The Morgan fingerprint density at radius 1 is 1.24 bits per heavy atom. The molecule has 21 heavy (non-hydrogen) atoms. The molecule has 0 saturated carbocycles. The number of amidine groups is 1. The maximum absolute atomic E-state index is 11.2. The van der Waals surface area contributed by atoms with Gasteiger partial charge in [-0.2, -0.15) is 0 Å². The van der Waals surface area contributed by atoms with Crippen molar-refractivity contribution in [2.45, 2.75) is 32.4 Å². The molecule has 0 saturated heterocycles. The molecule has 1 aromatic rings. The van der Waals surface area contributed by atoms with Gasteiger partial charge in [0.2, 0.25) is 0 Å². The van der Waals surface area contributed by atoms with Crippen LogP contribution in [0.1, 0.15) is 30.5 Å². The lowest BCUT2D eigenvalue weighted by atomic mass is 9.96. The first-order valence-corrected chi connectivity index (χ1v) is 7.05. The predicted octanol–water partition coefficient (Wildman–Crippen LogP) is 3.07. The topological polar surface area (TPSA) is 52.9 Å². The van der Waals surface area contributed by atoms with E-state index in [1.807, 2.05) is 61.4 Å². The molecule has 2 heterocycles. The van der Waals surface area contributed by atoms with Crippen LogP contribution in [-0.2, 0) is 4.79 Å². The molecule has 1 N–H and O–H groups in total. The number of carbonyl (C=O) groups is 1. The molecule has 4 nitrogen and oxygen atoms in total. The Morgan fingerprint density at radius 3 is 2.62 bits per heavy atom. The zero-order valence-corrected chi connectivity index (χ0v) is 12.2. The lowest BCUT2D eigenvalue weighted by Gasteiger charge is -2.27. The molecule has 0 fully saturated rings. The van der Waals surface area contributed by atoms with Crippen LogP contribution in [0.5, 0.6) is 0 Å². The molecule has 0 aromatic heterocycles. The van der Waals surface area contributed by atoms with Gasteiger partial charge >= 0.3 is 5.97 Å². The Kier molecular flexibility index (Phi) is 3.37. The predicted molar refractivity (Wildman–Crippen MR) is 82.1 cm³/mol. The van der Waals surface area contributed by atoms with Gasteiger partial charge in [0.25, 0.3) is 0 Å². The summed E-state index contributed by atoms with van der Waals surface area (Å²) in [5.74, 6) is 0.0478. The van der Waals surface area contributed by atoms with Crippen molar-refractivity contribution in [3.05, 3.63) is 59.3 Å². The summed E-state index contributed by atoms with van der Waals surface area (Å²) < 4.78 is 0. The van der Waals surface area contributed by atoms with Gasteiger partial charge in [-0.1, -0.05) is 35.9 Å². The molecule has 4 heteroatoms. The normalized spacial score (nSPS) is 23.6. The third kappa shape index (κ3) is 2.61. The Morgan fingerprint density at radius 2 is 1.95 bits per heavy atom. The smallest absolute Gasteiger partial charge is 0.305 e. The van der Waals surface area contributed by atoms with E-state index in [-0.39, 0.29) is 18.5 Å². The number of fused-ring (bicyclic) bond motifs is 1. The molecule has 0 radical (unpaired) electrons. The SMILES string of the molecule is CC1=CN2C(=NC(c3ccc(C)cc3)C2CC(=O)O)C=C1. The molecule has 108 valence electrons. The van der Waals surface area contributed by atoms with Crippen molar-refractivity contribution in [2.24, 2.45) is 4.99 Å². The van der Waals surface area contributed by atoms with Gasteiger partial charge in [-0.05, 0) is 31.1 Å². The van der Waals surface area contributed by atoms with E-state index in [1.54, 1.807) is 0 Å². The fourth-order valence-corrected chi connectivity index (χ4v) is 2.83. The summed E-state index contributed by atoms with van der Waals surface area (Å²) in [6.45, 7) is 4.04.